The van der Waals surface area contributed by atoms with E-state index in [2.05, 4.69) is 22.8 Å². The zero-order valence-electron chi connectivity index (χ0n) is 15.6. The molecule has 27 heavy (non-hydrogen) atoms. The van der Waals surface area contributed by atoms with Crippen molar-refractivity contribution >= 4 is 12.1 Å². The molecule has 3 N–H and O–H groups in total. The molecule has 0 aliphatic heterocycles. The van der Waals surface area contributed by atoms with Gasteiger partial charge in [0.25, 0.3) is 0 Å². The quantitative estimate of drug-likeness (QED) is 0.470. The largest absolute Gasteiger partial charge is 0.506 e. The number of hydrogen-bond donors (Lipinski definition) is 3. The molecule has 2 fully saturated rings. The van der Waals surface area contributed by atoms with Crippen LogP contribution in [0.25, 0.3) is 0 Å². The average Bonchev–Trinajstić information content (AvgIpc) is 3.60. The van der Waals surface area contributed by atoms with Crippen LogP contribution in [0.5, 0.6) is 11.5 Å². The Morgan fingerprint density at radius 1 is 1.11 bits per heavy atom. The van der Waals surface area contributed by atoms with Gasteiger partial charge in [0.2, 0.25) is 6.41 Å². The number of nitrogens with one attached hydrogen (secondary N) is 2. The van der Waals surface area contributed by atoms with Crippen molar-refractivity contribution in [3.8, 4) is 11.5 Å². The molecule has 1 amide bonds. The van der Waals surface area contributed by atoms with Crippen LogP contribution in [0.4, 0.5) is 5.69 Å². The number of benzene rings is 2. The number of carbonyl (C=O) groups excluding carboxylic acids is 1. The highest BCUT2D eigenvalue weighted by molar-refractivity contribution is 5.75. The Hall–Kier alpha value is -2.53. The third kappa shape index (κ3) is 3.78. The minimum Gasteiger partial charge on any atom is -0.506 e. The summed E-state index contributed by atoms with van der Waals surface area (Å²) < 4.78 is 5.24. The van der Waals surface area contributed by atoms with Gasteiger partial charge in [-0.3, -0.25) is 4.79 Å². The molecule has 0 radical (unpaired) electrons. The highest BCUT2D eigenvalue weighted by Crippen LogP contribution is 2.50. The molecule has 0 unspecified atom stereocenters. The first-order valence-electron chi connectivity index (χ1n) is 9.50. The molecule has 2 aliphatic rings. The lowest BCUT2D eigenvalue weighted by Gasteiger charge is -2.23. The Bertz CT molecular complexity index is 824. The highest BCUT2D eigenvalue weighted by atomic mass is 16.5. The van der Waals surface area contributed by atoms with Crippen molar-refractivity contribution in [2.24, 2.45) is 0 Å². The number of methoxy groups -OCH3 is 1. The minimum absolute atomic E-state index is 0.104. The second-order valence-corrected chi connectivity index (χ2v) is 7.93. The number of anilines is 1. The van der Waals surface area contributed by atoms with E-state index in [1.807, 2.05) is 24.3 Å². The van der Waals surface area contributed by atoms with Crippen molar-refractivity contribution in [2.75, 3.05) is 19.0 Å². The van der Waals surface area contributed by atoms with E-state index in [1.54, 1.807) is 13.2 Å². The van der Waals surface area contributed by atoms with Crippen LogP contribution in [0.3, 0.4) is 0 Å². The molecule has 2 aromatic carbocycles. The second kappa shape index (κ2) is 6.89. The monoisotopic (exact) mass is 366 g/mol. The van der Waals surface area contributed by atoms with Gasteiger partial charge in [-0.2, -0.15) is 0 Å². The van der Waals surface area contributed by atoms with Gasteiger partial charge in [0.05, 0.1) is 12.8 Å². The van der Waals surface area contributed by atoms with E-state index in [9.17, 15) is 9.90 Å². The zero-order chi connectivity index (χ0) is 18.9. The van der Waals surface area contributed by atoms with Gasteiger partial charge in [0.1, 0.15) is 11.5 Å². The van der Waals surface area contributed by atoms with Crippen LogP contribution < -0.4 is 15.4 Å². The summed E-state index contributed by atoms with van der Waals surface area (Å²) in [6, 6.07) is 13.9. The summed E-state index contributed by atoms with van der Waals surface area (Å²) in [4.78, 5) is 10.7. The van der Waals surface area contributed by atoms with E-state index in [4.69, 9.17) is 4.74 Å². The predicted molar refractivity (Wildman–Crippen MR) is 105 cm³/mol. The predicted octanol–water partition coefficient (Wildman–Crippen LogP) is 3.37. The third-order valence-electron chi connectivity index (χ3n) is 6.03. The summed E-state index contributed by atoms with van der Waals surface area (Å²) in [7, 11) is 1.69. The van der Waals surface area contributed by atoms with Gasteiger partial charge in [-0.05, 0) is 67.5 Å². The first-order valence-corrected chi connectivity index (χ1v) is 9.50. The van der Waals surface area contributed by atoms with Crippen LogP contribution >= 0.6 is 0 Å². The van der Waals surface area contributed by atoms with Crippen LogP contribution in [0.1, 0.15) is 36.8 Å². The Morgan fingerprint density at radius 3 is 2.44 bits per heavy atom. The maximum Gasteiger partial charge on any atom is 0.211 e. The molecule has 142 valence electrons. The van der Waals surface area contributed by atoms with Crippen molar-refractivity contribution in [1.29, 1.82) is 0 Å². The number of phenols is 1. The van der Waals surface area contributed by atoms with Crippen molar-refractivity contribution in [2.45, 2.75) is 43.1 Å². The minimum atomic E-state index is 0.104. The number of aromatic hydroxyl groups is 1. The summed E-state index contributed by atoms with van der Waals surface area (Å²) in [5, 5.41) is 16.3. The molecule has 5 nitrogen and oxygen atoms in total. The first-order chi connectivity index (χ1) is 13.1. The van der Waals surface area contributed by atoms with Crippen molar-refractivity contribution in [3.05, 3.63) is 53.6 Å². The third-order valence-corrected chi connectivity index (χ3v) is 6.03. The molecule has 2 aliphatic carbocycles. The lowest BCUT2D eigenvalue weighted by atomic mass is 9.94. The molecule has 4 rings (SSSR count). The lowest BCUT2D eigenvalue weighted by molar-refractivity contribution is -0.105. The van der Waals surface area contributed by atoms with Gasteiger partial charge in [-0.25, -0.2) is 0 Å². The number of amides is 1. The topological polar surface area (TPSA) is 70.6 Å². The summed E-state index contributed by atoms with van der Waals surface area (Å²) in [6.07, 6.45) is 6.28. The van der Waals surface area contributed by atoms with Crippen molar-refractivity contribution in [3.63, 3.8) is 0 Å². The van der Waals surface area contributed by atoms with Gasteiger partial charge in [0, 0.05) is 17.5 Å². The van der Waals surface area contributed by atoms with Crippen LogP contribution in [-0.2, 0) is 16.6 Å². The zero-order valence-corrected chi connectivity index (χ0v) is 15.6. The van der Waals surface area contributed by atoms with E-state index < -0.39 is 0 Å². The summed E-state index contributed by atoms with van der Waals surface area (Å²) in [6.45, 7) is 0.925. The van der Waals surface area contributed by atoms with E-state index in [0.717, 1.165) is 31.6 Å². The maximum absolute atomic E-state index is 10.7. The molecule has 0 heterocycles. The lowest BCUT2D eigenvalue weighted by Crippen LogP contribution is -2.39. The van der Waals surface area contributed by atoms with Crippen LogP contribution in [0.2, 0.25) is 0 Å². The van der Waals surface area contributed by atoms with Gasteiger partial charge in [-0.15, -0.1) is 0 Å². The smallest absolute Gasteiger partial charge is 0.211 e. The second-order valence-electron chi connectivity index (χ2n) is 7.93. The average molecular weight is 366 g/mol. The molecule has 2 saturated carbocycles. The van der Waals surface area contributed by atoms with Crippen LogP contribution in [0, 0.1) is 0 Å². The molecule has 0 bridgehead atoms. The van der Waals surface area contributed by atoms with Crippen LogP contribution in [-0.4, -0.2) is 30.7 Å². The molecule has 0 spiro atoms. The molecule has 0 aromatic heterocycles. The van der Waals surface area contributed by atoms with Gasteiger partial charge < -0.3 is 20.5 Å². The summed E-state index contributed by atoms with van der Waals surface area (Å²) in [5.41, 5.74) is 3.30. The fraction of sp³-hybridized carbons (Fsp3) is 0.409. The Balaban J connectivity index is 1.42. The summed E-state index contributed by atoms with van der Waals surface area (Å²) in [5.74, 6) is 0.994. The Kier molecular flexibility index (Phi) is 4.56. The molecular formula is C22H26N2O3. The Morgan fingerprint density at radius 2 is 1.85 bits per heavy atom. The fourth-order valence-electron chi connectivity index (χ4n) is 3.82. The van der Waals surface area contributed by atoms with E-state index in [1.165, 1.54) is 24.0 Å². The van der Waals surface area contributed by atoms with E-state index >= 15 is 0 Å². The summed E-state index contributed by atoms with van der Waals surface area (Å²) >= 11 is 0. The molecule has 0 saturated heterocycles. The molecule has 2 aromatic rings. The van der Waals surface area contributed by atoms with Crippen molar-refractivity contribution < 1.29 is 14.6 Å². The Labute approximate surface area is 159 Å². The molecular weight excluding hydrogens is 340 g/mol. The standard InChI is InChI=1S/C22H26N2O3/c1-27-18-5-2-16(3-6-18)13-22(10-11-22)24-14-21(8-9-21)17-4-7-20(26)19(12-17)23-15-25/h2-7,12,15,24,26H,8-11,13-14H2,1H3,(H,23,25). The molecule has 0 atom stereocenters. The van der Waals surface area contributed by atoms with Gasteiger partial charge in [-0.1, -0.05) is 18.2 Å². The maximum atomic E-state index is 10.7. The normalized spacial score (nSPS) is 18.6. The van der Waals surface area contributed by atoms with Crippen molar-refractivity contribution in [1.82, 2.24) is 5.32 Å². The van der Waals surface area contributed by atoms with E-state index in [0.29, 0.717) is 12.1 Å². The number of phenolic OH excluding ortho intramolecular Hbond substituents is 1. The number of rotatable bonds is 9. The number of ether oxygens (including phenoxy) is 1. The first kappa shape index (κ1) is 17.9. The van der Waals surface area contributed by atoms with E-state index in [-0.39, 0.29) is 16.7 Å². The number of hydrogen-bond acceptors (Lipinski definition) is 4. The SMILES string of the molecule is COc1ccc(CC2(NCC3(c4ccc(O)c(NC=O)c4)CC3)CC2)cc1. The fourth-order valence-corrected chi connectivity index (χ4v) is 3.82. The number of carbonyl (C=O) groups is 1. The van der Waals surface area contributed by atoms with Gasteiger partial charge >= 0.3 is 0 Å². The molecule has 5 heteroatoms. The highest BCUT2D eigenvalue weighted by Gasteiger charge is 2.49. The van der Waals surface area contributed by atoms with Gasteiger partial charge in [0.15, 0.2) is 0 Å². The van der Waals surface area contributed by atoms with Crippen LogP contribution in [0.15, 0.2) is 42.5 Å².